The summed E-state index contributed by atoms with van der Waals surface area (Å²) in [6.45, 7) is 8.93. The van der Waals surface area contributed by atoms with Crippen LogP contribution in [0.3, 0.4) is 0 Å². The number of benzene rings is 3. The first-order chi connectivity index (χ1) is 14.4. The van der Waals surface area contributed by atoms with Crippen molar-refractivity contribution >= 4 is 10.8 Å². The second kappa shape index (κ2) is 8.84. The van der Waals surface area contributed by atoms with Crippen LogP contribution in [0, 0.1) is 5.92 Å². The van der Waals surface area contributed by atoms with Gasteiger partial charge in [-0.25, -0.2) is 0 Å². The summed E-state index contributed by atoms with van der Waals surface area (Å²) in [6.07, 6.45) is 6.23. The molecule has 0 N–H and O–H groups in total. The van der Waals surface area contributed by atoms with Gasteiger partial charge in [-0.15, -0.1) is 0 Å². The Morgan fingerprint density at radius 1 is 0.967 bits per heavy atom. The van der Waals surface area contributed by atoms with Gasteiger partial charge in [0.1, 0.15) is 11.4 Å². The minimum atomic E-state index is -0.106. The van der Waals surface area contributed by atoms with Crippen LogP contribution in [0.5, 0.6) is 5.75 Å². The van der Waals surface area contributed by atoms with Crippen molar-refractivity contribution in [3.05, 3.63) is 77.9 Å². The molecule has 1 fully saturated rings. The summed E-state index contributed by atoms with van der Waals surface area (Å²) < 4.78 is 6.24. The number of hydrogen-bond donors (Lipinski definition) is 0. The Kier molecular flexibility index (Phi) is 6.18. The van der Waals surface area contributed by atoms with Gasteiger partial charge >= 0.3 is 0 Å². The van der Waals surface area contributed by atoms with Crippen molar-refractivity contribution in [2.24, 2.45) is 5.92 Å². The van der Waals surface area contributed by atoms with Crippen LogP contribution in [0.4, 0.5) is 0 Å². The van der Waals surface area contributed by atoms with Crippen LogP contribution >= 0.6 is 0 Å². The Morgan fingerprint density at radius 3 is 2.57 bits per heavy atom. The standard InChI is InChI=1S/C29H36O/c1-5-29(3,4)30-26-13-8-12-24(20-26)25-17-16-22(19-25)18-21(2)27-15-9-11-23-10-6-7-14-28(23)27/h6-15,20-22,25H,5,16-19H2,1-4H3/t21-,22+,25+/m0/s1. The fourth-order valence-electron chi connectivity index (χ4n) is 5.12. The van der Waals surface area contributed by atoms with Gasteiger partial charge in [0.2, 0.25) is 0 Å². The van der Waals surface area contributed by atoms with E-state index in [-0.39, 0.29) is 5.60 Å². The molecule has 0 spiro atoms. The first-order valence-corrected chi connectivity index (χ1v) is 11.7. The molecule has 0 heterocycles. The fourth-order valence-corrected chi connectivity index (χ4v) is 5.12. The molecule has 0 saturated heterocycles. The highest BCUT2D eigenvalue weighted by Gasteiger charge is 2.28. The van der Waals surface area contributed by atoms with Gasteiger partial charge in [-0.3, -0.25) is 0 Å². The van der Waals surface area contributed by atoms with Crippen LogP contribution in [0.1, 0.15) is 82.8 Å². The molecular formula is C29H36O. The minimum Gasteiger partial charge on any atom is -0.488 e. The molecule has 4 rings (SSSR count). The molecule has 158 valence electrons. The molecule has 1 nitrogen and oxygen atoms in total. The van der Waals surface area contributed by atoms with Gasteiger partial charge in [0, 0.05) is 0 Å². The summed E-state index contributed by atoms with van der Waals surface area (Å²) in [5.41, 5.74) is 2.86. The number of fused-ring (bicyclic) bond motifs is 1. The van der Waals surface area contributed by atoms with Crippen molar-refractivity contribution in [3.63, 3.8) is 0 Å². The lowest BCUT2D eigenvalue weighted by Gasteiger charge is -2.25. The third-order valence-electron chi connectivity index (χ3n) is 7.16. The van der Waals surface area contributed by atoms with Crippen LogP contribution < -0.4 is 4.74 Å². The lowest BCUT2D eigenvalue weighted by molar-refractivity contribution is 0.105. The molecule has 3 aromatic carbocycles. The molecule has 0 unspecified atom stereocenters. The van der Waals surface area contributed by atoms with Crippen LogP contribution in [0.25, 0.3) is 10.8 Å². The maximum absolute atomic E-state index is 6.24. The molecule has 1 saturated carbocycles. The van der Waals surface area contributed by atoms with Crippen LogP contribution in [-0.4, -0.2) is 5.60 Å². The Balaban J connectivity index is 1.42. The molecule has 30 heavy (non-hydrogen) atoms. The minimum absolute atomic E-state index is 0.106. The van der Waals surface area contributed by atoms with Gasteiger partial charge in [-0.2, -0.15) is 0 Å². The lowest BCUT2D eigenvalue weighted by atomic mass is 9.86. The van der Waals surface area contributed by atoms with Gasteiger partial charge < -0.3 is 4.74 Å². The molecule has 0 aromatic heterocycles. The highest BCUT2D eigenvalue weighted by atomic mass is 16.5. The van der Waals surface area contributed by atoms with E-state index in [4.69, 9.17) is 4.74 Å². The van der Waals surface area contributed by atoms with Crippen LogP contribution in [-0.2, 0) is 0 Å². The normalized spacial score (nSPS) is 20.4. The summed E-state index contributed by atoms with van der Waals surface area (Å²) in [4.78, 5) is 0. The third kappa shape index (κ3) is 4.72. The van der Waals surface area contributed by atoms with E-state index < -0.39 is 0 Å². The molecule has 1 aliphatic rings. The van der Waals surface area contributed by atoms with E-state index in [1.54, 1.807) is 0 Å². The summed E-state index contributed by atoms with van der Waals surface area (Å²) in [7, 11) is 0. The van der Waals surface area contributed by atoms with Gasteiger partial charge in [0.25, 0.3) is 0 Å². The molecule has 1 heteroatoms. The predicted molar refractivity (Wildman–Crippen MR) is 129 cm³/mol. The highest BCUT2D eigenvalue weighted by Crippen LogP contribution is 2.43. The zero-order valence-electron chi connectivity index (χ0n) is 19.0. The highest BCUT2D eigenvalue weighted by molar-refractivity contribution is 5.86. The maximum Gasteiger partial charge on any atom is 0.120 e. The third-order valence-corrected chi connectivity index (χ3v) is 7.16. The first-order valence-electron chi connectivity index (χ1n) is 11.7. The second-order valence-electron chi connectivity index (χ2n) is 9.87. The second-order valence-corrected chi connectivity index (χ2v) is 9.87. The Hall–Kier alpha value is -2.28. The summed E-state index contributed by atoms with van der Waals surface area (Å²) in [6, 6.07) is 24.4. The maximum atomic E-state index is 6.24. The Morgan fingerprint density at radius 2 is 1.73 bits per heavy atom. The van der Waals surface area contributed by atoms with E-state index in [1.807, 2.05) is 0 Å². The van der Waals surface area contributed by atoms with Gasteiger partial charge in [-0.1, -0.05) is 68.4 Å². The number of rotatable bonds is 7. The Bertz CT molecular complexity index is 981. The quantitative estimate of drug-likeness (QED) is 0.386. The number of hydrogen-bond acceptors (Lipinski definition) is 1. The van der Waals surface area contributed by atoms with Crippen LogP contribution in [0.15, 0.2) is 66.7 Å². The van der Waals surface area contributed by atoms with Crippen molar-refractivity contribution in [2.45, 2.75) is 77.2 Å². The predicted octanol–water partition coefficient (Wildman–Crippen LogP) is 8.48. The summed E-state index contributed by atoms with van der Waals surface area (Å²) in [5.74, 6) is 3.09. The smallest absolute Gasteiger partial charge is 0.120 e. The van der Waals surface area contributed by atoms with E-state index in [2.05, 4.69) is 94.4 Å². The van der Waals surface area contributed by atoms with Gasteiger partial charge in [0.15, 0.2) is 0 Å². The monoisotopic (exact) mass is 400 g/mol. The summed E-state index contributed by atoms with van der Waals surface area (Å²) >= 11 is 0. The van der Waals surface area contributed by atoms with Gasteiger partial charge in [0.05, 0.1) is 0 Å². The lowest BCUT2D eigenvalue weighted by Crippen LogP contribution is -2.26. The number of ether oxygens (including phenoxy) is 1. The van der Waals surface area contributed by atoms with Crippen molar-refractivity contribution < 1.29 is 4.74 Å². The van der Waals surface area contributed by atoms with E-state index in [1.165, 1.54) is 47.6 Å². The molecule has 0 bridgehead atoms. The van der Waals surface area contributed by atoms with Crippen molar-refractivity contribution in [2.75, 3.05) is 0 Å². The van der Waals surface area contributed by atoms with Crippen molar-refractivity contribution in [1.82, 2.24) is 0 Å². The SMILES string of the molecule is CCC(C)(C)Oc1cccc([C@@H]2CC[C@H](C[C@H](C)c3cccc4ccccc34)C2)c1. The fraction of sp³-hybridized carbons (Fsp3) is 0.448. The van der Waals surface area contributed by atoms with E-state index >= 15 is 0 Å². The molecule has 1 aliphatic carbocycles. The molecule has 0 aliphatic heterocycles. The summed E-state index contributed by atoms with van der Waals surface area (Å²) in [5, 5.41) is 2.78. The topological polar surface area (TPSA) is 9.23 Å². The molecule has 0 amide bonds. The van der Waals surface area contributed by atoms with E-state index in [0.717, 1.165) is 18.1 Å². The van der Waals surface area contributed by atoms with Crippen molar-refractivity contribution in [1.29, 1.82) is 0 Å². The molecular weight excluding hydrogens is 364 g/mol. The van der Waals surface area contributed by atoms with E-state index in [0.29, 0.717) is 11.8 Å². The molecule has 3 atom stereocenters. The van der Waals surface area contributed by atoms with Gasteiger partial charge in [-0.05, 0) is 97.7 Å². The first kappa shape index (κ1) is 21.0. The largest absolute Gasteiger partial charge is 0.488 e. The zero-order chi connectivity index (χ0) is 21.1. The van der Waals surface area contributed by atoms with E-state index in [9.17, 15) is 0 Å². The Labute approximate surface area is 182 Å². The van der Waals surface area contributed by atoms with Crippen LogP contribution in [0.2, 0.25) is 0 Å². The average Bonchev–Trinajstić information content (AvgIpc) is 3.21. The molecule has 0 radical (unpaired) electrons. The van der Waals surface area contributed by atoms with Crippen molar-refractivity contribution in [3.8, 4) is 5.75 Å². The zero-order valence-corrected chi connectivity index (χ0v) is 19.0. The molecule has 3 aromatic rings. The average molecular weight is 401 g/mol.